The van der Waals surface area contributed by atoms with Gasteiger partial charge in [-0.3, -0.25) is 24.5 Å². The highest BCUT2D eigenvalue weighted by Crippen LogP contribution is 2.16. The number of ether oxygens (including phenoxy) is 1. The number of amides is 2. The molecule has 0 aliphatic carbocycles. The highest BCUT2D eigenvalue weighted by molar-refractivity contribution is 7.89. The fourth-order valence-electron chi connectivity index (χ4n) is 2.71. The number of benzene rings is 2. The number of hydrogen-bond acceptors (Lipinski definition) is 8. The molecule has 2 aromatic rings. The predicted octanol–water partition coefficient (Wildman–Crippen LogP) is 0.961. The van der Waals surface area contributed by atoms with Crippen molar-refractivity contribution in [2.45, 2.75) is 18.7 Å². The number of rotatable bonds is 11. The van der Waals surface area contributed by atoms with Gasteiger partial charge in [-0.15, -0.1) is 0 Å². The molecule has 12 nitrogen and oxygen atoms in total. The average molecular weight is 493 g/mol. The molecule has 0 radical (unpaired) electrons. The highest BCUT2D eigenvalue weighted by atomic mass is 32.2. The van der Waals surface area contributed by atoms with Gasteiger partial charge >= 0.3 is 5.97 Å². The number of aryl methyl sites for hydroxylation is 1. The molecular formula is C21H24N4O8S. The molecule has 2 amide bonds. The molecule has 0 spiro atoms. The molecule has 13 heteroatoms. The van der Waals surface area contributed by atoms with Gasteiger partial charge in [-0.05, 0) is 32.0 Å². The third-order valence-electron chi connectivity index (χ3n) is 4.45. The summed E-state index contributed by atoms with van der Waals surface area (Å²) in [6.07, 6.45) is 0. The van der Waals surface area contributed by atoms with Crippen LogP contribution in [0.15, 0.2) is 53.4 Å². The van der Waals surface area contributed by atoms with Crippen molar-refractivity contribution in [2.24, 2.45) is 0 Å². The average Bonchev–Trinajstić information content (AvgIpc) is 2.80. The summed E-state index contributed by atoms with van der Waals surface area (Å²) < 4.78 is 31.7. The molecule has 2 aromatic carbocycles. The standard InChI is InChI=1S/C21H24N4O8S/c1-3-33-20(27)12-22-19(26)13-24(34(31,32)18-9-7-15(2)8-10-18)14-23-21(28)16-5-4-6-17(11-16)25(29)30/h4-11H,3,12-14H2,1-2H3,(H,22,26)(H,23,28). The number of nitro benzene ring substituents is 1. The van der Waals surface area contributed by atoms with Crippen molar-refractivity contribution in [1.29, 1.82) is 0 Å². The lowest BCUT2D eigenvalue weighted by molar-refractivity contribution is -0.384. The number of nitro groups is 1. The SMILES string of the molecule is CCOC(=O)CNC(=O)CN(CNC(=O)c1cccc([N+](=O)[O-])c1)S(=O)(=O)c1ccc(C)cc1. The van der Waals surface area contributed by atoms with Gasteiger partial charge in [0.05, 0.1) is 29.6 Å². The third kappa shape index (κ3) is 7.35. The van der Waals surface area contributed by atoms with Gasteiger partial charge in [-0.1, -0.05) is 23.8 Å². The van der Waals surface area contributed by atoms with Crippen molar-refractivity contribution >= 4 is 33.5 Å². The zero-order valence-electron chi connectivity index (χ0n) is 18.5. The van der Waals surface area contributed by atoms with E-state index in [9.17, 15) is 32.9 Å². The maximum absolute atomic E-state index is 13.1. The van der Waals surface area contributed by atoms with Crippen LogP contribution in [0.2, 0.25) is 0 Å². The van der Waals surface area contributed by atoms with Crippen molar-refractivity contribution in [3.05, 3.63) is 69.8 Å². The zero-order valence-corrected chi connectivity index (χ0v) is 19.3. The maximum atomic E-state index is 13.1. The Kier molecular flexibility index (Phi) is 9.21. The van der Waals surface area contributed by atoms with E-state index in [1.54, 1.807) is 26.0 Å². The van der Waals surface area contributed by atoms with E-state index < -0.39 is 52.5 Å². The van der Waals surface area contributed by atoms with E-state index in [2.05, 4.69) is 10.6 Å². The maximum Gasteiger partial charge on any atom is 0.325 e. The van der Waals surface area contributed by atoms with Crippen LogP contribution in [0.3, 0.4) is 0 Å². The number of nitrogens with zero attached hydrogens (tertiary/aromatic N) is 2. The van der Waals surface area contributed by atoms with Crippen LogP contribution in [0, 0.1) is 17.0 Å². The lowest BCUT2D eigenvalue weighted by atomic mass is 10.2. The lowest BCUT2D eigenvalue weighted by Gasteiger charge is -2.22. The van der Waals surface area contributed by atoms with Gasteiger partial charge in [0, 0.05) is 17.7 Å². The summed E-state index contributed by atoms with van der Waals surface area (Å²) in [5, 5.41) is 15.6. The number of hydrogen-bond donors (Lipinski definition) is 2. The second kappa shape index (κ2) is 11.9. The molecule has 0 bridgehead atoms. The van der Waals surface area contributed by atoms with Crippen LogP contribution in [-0.2, 0) is 24.3 Å². The van der Waals surface area contributed by atoms with Crippen LogP contribution in [0.25, 0.3) is 0 Å². The summed E-state index contributed by atoms with van der Waals surface area (Å²) in [4.78, 5) is 46.4. The topological polar surface area (TPSA) is 165 Å². The smallest absolute Gasteiger partial charge is 0.325 e. The van der Waals surface area contributed by atoms with E-state index in [1.807, 2.05) is 0 Å². The van der Waals surface area contributed by atoms with E-state index in [0.717, 1.165) is 11.6 Å². The fraction of sp³-hybridized carbons (Fsp3) is 0.286. The number of sulfonamides is 1. The Bertz CT molecular complexity index is 1170. The summed E-state index contributed by atoms with van der Waals surface area (Å²) >= 11 is 0. The molecule has 0 fully saturated rings. The molecule has 0 heterocycles. The van der Waals surface area contributed by atoms with Gasteiger partial charge in [0.15, 0.2) is 0 Å². The Hall–Kier alpha value is -3.84. The molecule has 34 heavy (non-hydrogen) atoms. The van der Waals surface area contributed by atoms with Gasteiger partial charge in [-0.25, -0.2) is 8.42 Å². The van der Waals surface area contributed by atoms with Crippen LogP contribution < -0.4 is 10.6 Å². The summed E-state index contributed by atoms with van der Waals surface area (Å²) in [6.45, 7) is 1.72. The van der Waals surface area contributed by atoms with E-state index in [1.165, 1.54) is 30.3 Å². The Morgan fingerprint density at radius 2 is 1.76 bits per heavy atom. The molecule has 0 aliphatic rings. The molecule has 0 saturated carbocycles. The lowest BCUT2D eigenvalue weighted by Crippen LogP contribution is -2.47. The third-order valence-corrected chi connectivity index (χ3v) is 6.25. The first-order valence-electron chi connectivity index (χ1n) is 10.1. The summed E-state index contributed by atoms with van der Waals surface area (Å²) in [7, 11) is -4.23. The van der Waals surface area contributed by atoms with Gasteiger partial charge in [0.25, 0.3) is 11.6 Å². The predicted molar refractivity (Wildman–Crippen MR) is 120 cm³/mol. The number of carbonyl (C=O) groups excluding carboxylic acids is 3. The Morgan fingerprint density at radius 1 is 1.09 bits per heavy atom. The second-order valence-electron chi connectivity index (χ2n) is 6.98. The van der Waals surface area contributed by atoms with E-state index in [0.29, 0.717) is 4.31 Å². The van der Waals surface area contributed by atoms with Crippen LogP contribution in [-0.4, -0.2) is 61.8 Å². The summed E-state index contributed by atoms with van der Waals surface area (Å²) in [5.74, 6) is -2.27. The van der Waals surface area contributed by atoms with Crippen molar-refractivity contribution in [1.82, 2.24) is 14.9 Å². The highest BCUT2D eigenvalue weighted by Gasteiger charge is 2.27. The Labute approximate surface area is 196 Å². The summed E-state index contributed by atoms with van der Waals surface area (Å²) in [5.41, 5.74) is 0.445. The number of carbonyl (C=O) groups is 3. The minimum Gasteiger partial charge on any atom is -0.465 e. The van der Waals surface area contributed by atoms with Crippen molar-refractivity contribution < 1.29 is 32.5 Å². The van der Waals surface area contributed by atoms with Crippen molar-refractivity contribution in [3.8, 4) is 0 Å². The number of esters is 1. The molecule has 0 aromatic heterocycles. The van der Waals surface area contributed by atoms with E-state index in [-0.39, 0.29) is 22.8 Å². The van der Waals surface area contributed by atoms with Crippen LogP contribution >= 0.6 is 0 Å². The van der Waals surface area contributed by atoms with E-state index >= 15 is 0 Å². The molecule has 2 rings (SSSR count). The molecule has 0 atom stereocenters. The Balaban J connectivity index is 2.20. The molecule has 2 N–H and O–H groups in total. The minimum absolute atomic E-state index is 0.0614. The van der Waals surface area contributed by atoms with Gasteiger partial charge in [-0.2, -0.15) is 4.31 Å². The molecular weight excluding hydrogens is 468 g/mol. The zero-order chi connectivity index (χ0) is 25.3. The van der Waals surface area contributed by atoms with Crippen molar-refractivity contribution in [2.75, 3.05) is 26.4 Å². The largest absolute Gasteiger partial charge is 0.465 e. The quantitative estimate of drug-likeness (QED) is 0.203. The first kappa shape index (κ1) is 26.4. The van der Waals surface area contributed by atoms with Crippen LogP contribution in [0.1, 0.15) is 22.8 Å². The minimum atomic E-state index is -4.23. The summed E-state index contributed by atoms with van der Waals surface area (Å²) in [6, 6.07) is 10.8. The number of non-ortho nitro benzene ring substituents is 1. The van der Waals surface area contributed by atoms with Gasteiger partial charge in [0.1, 0.15) is 6.54 Å². The molecule has 0 saturated heterocycles. The van der Waals surface area contributed by atoms with Gasteiger partial charge in [0.2, 0.25) is 15.9 Å². The van der Waals surface area contributed by atoms with Crippen LogP contribution in [0.5, 0.6) is 0 Å². The second-order valence-corrected chi connectivity index (χ2v) is 8.92. The Morgan fingerprint density at radius 3 is 2.38 bits per heavy atom. The van der Waals surface area contributed by atoms with Crippen LogP contribution in [0.4, 0.5) is 5.69 Å². The van der Waals surface area contributed by atoms with Gasteiger partial charge < -0.3 is 15.4 Å². The molecule has 0 unspecified atom stereocenters. The fourth-order valence-corrected chi connectivity index (χ4v) is 4.01. The molecule has 182 valence electrons. The first-order chi connectivity index (χ1) is 16.0. The van der Waals surface area contributed by atoms with Crippen molar-refractivity contribution in [3.63, 3.8) is 0 Å². The normalized spacial score (nSPS) is 11.0. The van der Waals surface area contributed by atoms with E-state index in [4.69, 9.17) is 4.74 Å². The molecule has 0 aliphatic heterocycles. The monoisotopic (exact) mass is 492 g/mol. The number of nitrogens with one attached hydrogen (secondary N) is 2. The first-order valence-corrected chi connectivity index (χ1v) is 11.5.